The fourth-order valence-electron chi connectivity index (χ4n) is 1.55. The Balaban J connectivity index is 2.88. The van der Waals surface area contributed by atoms with Gasteiger partial charge in [0.2, 0.25) is 0 Å². The summed E-state index contributed by atoms with van der Waals surface area (Å²) in [6.07, 6.45) is 1.75. The zero-order valence-electron chi connectivity index (χ0n) is 9.00. The molecular formula is C12H15ClO2. The molecule has 3 heteroatoms. The largest absolute Gasteiger partial charge is 0.469 e. The molecule has 1 aromatic rings. The van der Waals surface area contributed by atoms with E-state index in [1.165, 1.54) is 7.11 Å². The van der Waals surface area contributed by atoms with Gasteiger partial charge in [-0.05, 0) is 24.1 Å². The molecule has 0 saturated heterocycles. The van der Waals surface area contributed by atoms with E-state index in [4.69, 9.17) is 16.3 Å². The summed E-state index contributed by atoms with van der Waals surface area (Å²) in [6, 6.07) is 7.34. The van der Waals surface area contributed by atoms with Crippen molar-refractivity contribution in [2.75, 3.05) is 7.11 Å². The SMILES string of the molecule is CCC[C@H](C(=O)OC)c1ccc(Cl)cc1. The Labute approximate surface area is 95.2 Å². The van der Waals surface area contributed by atoms with Crippen LogP contribution < -0.4 is 0 Å². The van der Waals surface area contributed by atoms with Gasteiger partial charge in [0.15, 0.2) is 0 Å². The number of carbonyl (C=O) groups excluding carboxylic acids is 1. The Bertz CT molecular complexity index is 319. The van der Waals surface area contributed by atoms with Crippen LogP contribution in [-0.4, -0.2) is 13.1 Å². The number of halogens is 1. The van der Waals surface area contributed by atoms with E-state index in [-0.39, 0.29) is 11.9 Å². The normalized spacial score (nSPS) is 12.2. The summed E-state index contributed by atoms with van der Waals surface area (Å²) >= 11 is 5.79. The summed E-state index contributed by atoms with van der Waals surface area (Å²) in [5.74, 6) is -0.351. The molecule has 1 rings (SSSR count). The van der Waals surface area contributed by atoms with E-state index in [0.29, 0.717) is 5.02 Å². The fraction of sp³-hybridized carbons (Fsp3) is 0.417. The van der Waals surface area contributed by atoms with Crippen LogP contribution in [0.4, 0.5) is 0 Å². The van der Waals surface area contributed by atoms with E-state index >= 15 is 0 Å². The molecule has 1 atom stereocenters. The number of esters is 1. The van der Waals surface area contributed by atoms with Crippen LogP contribution in [0.15, 0.2) is 24.3 Å². The van der Waals surface area contributed by atoms with Crippen molar-refractivity contribution >= 4 is 17.6 Å². The van der Waals surface area contributed by atoms with Crippen molar-refractivity contribution in [1.82, 2.24) is 0 Å². The average Bonchev–Trinajstić information content (AvgIpc) is 2.26. The van der Waals surface area contributed by atoms with E-state index in [2.05, 4.69) is 0 Å². The predicted octanol–water partition coefficient (Wildman–Crippen LogP) is 3.40. The molecule has 0 aliphatic carbocycles. The van der Waals surface area contributed by atoms with Crippen LogP contribution in [0.1, 0.15) is 31.2 Å². The first-order valence-corrected chi connectivity index (χ1v) is 5.40. The first-order chi connectivity index (χ1) is 7.19. The zero-order chi connectivity index (χ0) is 11.3. The number of rotatable bonds is 4. The Kier molecular flexibility index (Phi) is 4.63. The van der Waals surface area contributed by atoms with Gasteiger partial charge in [-0.2, -0.15) is 0 Å². The molecule has 2 nitrogen and oxygen atoms in total. The maximum Gasteiger partial charge on any atom is 0.313 e. The lowest BCUT2D eigenvalue weighted by Gasteiger charge is -2.13. The summed E-state index contributed by atoms with van der Waals surface area (Å²) < 4.78 is 4.78. The topological polar surface area (TPSA) is 26.3 Å². The van der Waals surface area contributed by atoms with Crippen molar-refractivity contribution in [3.8, 4) is 0 Å². The first-order valence-electron chi connectivity index (χ1n) is 5.02. The molecule has 0 spiro atoms. The van der Waals surface area contributed by atoms with Crippen LogP contribution in [-0.2, 0) is 9.53 Å². The van der Waals surface area contributed by atoms with Gasteiger partial charge in [0, 0.05) is 5.02 Å². The van der Waals surface area contributed by atoms with E-state index in [0.717, 1.165) is 18.4 Å². The molecule has 0 aliphatic rings. The van der Waals surface area contributed by atoms with Crippen molar-refractivity contribution < 1.29 is 9.53 Å². The van der Waals surface area contributed by atoms with Gasteiger partial charge >= 0.3 is 5.97 Å². The Morgan fingerprint density at radius 1 is 1.40 bits per heavy atom. The molecule has 0 saturated carbocycles. The van der Waals surface area contributed by atoms with Crippen molar-refractivity contribution in [1.29, 1.82) is 0 Å². The summed E-state index contributed by atoms with van der Waals surface area (Å²) in [7, 11) is 1.42. The maximum absolute atomic E-state index is 11.5. The molecule has 15 heavy (non-hydrogen) atoms. The Hall–Kier alpha value is -1.02. The third-order valence-corrected chi connectivity index (χ3v) is 2.59. The van der Waals surface area contributed by atoms with Crippen molar-refractivity contribution in [2.24, 2.45) is 0 Å². The third-order valence-electron chi connectivity index (χ3n) is 2.34. The molecule has 0 bridgehead atoms. The highest BCUT2D eigenvalue weighted by Crippen LogP contribution is 2.24. The minimum Gasteiger partial charge on any atom is -0.469 e. The molecule has 82 valence electrons. The molecule has 0 aliphatic heterocycles. The molecule has 0 aromatic heterocycles. The van der Waals surface area contributed by atoms with Gasteiger partial charge < -0.3 is 4.74 Å². The van der Waals surface area contributed by atoms with E-state index in [1.807, 2.05) is 19.1 Å². The van der Waals surface area contributed by atoms with Crippen molar-refractivity contribution in [2.45, 2.75) is 25.7 Å². The highest BCUT2D eigenvalue weighted by Gasteiger charge is 2.19. The average molecular weight is 227 g/mol. The summed E-state index contributed by atoms with van der Waals surface area (Å²) in [5, 5.41) is 0.680. The summed E-state index contributed by atoms with van der Waals surface area (Å²) in [6.45, 7) is 2.05. The van der Waals surface area contributed by atoms with Gasteiger partial charge in [-0.3, -0.25) is 4.79 Å². The van der Waals surface area contributed by atoms with Crippen LogP contribution in [0.25, 0.3) is 0 Å². The number of methoxy groups -OCH3 is 1. The molecule has 0 N–H and O–H groups in total. The highest BCUT2D eigenvalue weighted by molar-refractivity contribution is 6.30. The van der Waals surface area contributed by atoms with Crippen LogP contribution in [0.5, 0.6) is 0 Å². The van der Waals surface area contributed by atoms with Gasteiger partial charge in [0.05, 0.1) is 13.0 Å². The van der Waals surface area contributed by atoms with Gasteiger partial charge in [-0.15, -0.1) is 0 Å². The van der Waals surface area contributed by atoms with Crippen LogP contribution in [0.2, 0.25) is 5.02 Å². The standard InChI is InChI=1S/C12H15ClO2/c1-3-4-11(12(14)15-2)9-5-7-10(13)8-6-9/h5-8,11H,3-4H2,1-2H3/t11-/m0/s1. The number of hydrogen-bond acceptors (Lipinski definition) is 2. The second kappa shape index (κ2) is 5.76. The lowest BCUT2D eigenvalue weighted by atomic mass is 9.95. The van der Waals surface area contributed by atoms with Crippen LogP contribution >= 0.6 is 11.6 Å². The molecular weight excluding hydrogens is 212 g/mol. The van der Waals surface area contributed by atoms with Gasteiger partial charge in [-0.1, -0.05) is 37.1 Å². The van der Waals surface area contributed by atoms with Crippen LogP contribution in [0.3, 0.4) is 0 Å². The van der Waals surface area contributed by atoms with E-state index in [1.54, 1.807) is 12.1 Å². The fourth-order valence-corrected chi connectivity index (χ4v) is 1.67. The molecule has 1 aromatic carbocycles. The minimum atomic E-state index is -0.181. The number of ether oxygens (including phenoxy) is 1. The monoisotopic (exact) mass is 226 g/mol. The number of hydrogen-bond donors (Lipinski definition) is 0. The lowest BCUT2D eigenvalue weighted by molar-refractivity contribution is -0.142. The minimum absolute atomic E-state index is 0.169. The summed E-state index contributed by atoms with van der Waals surface area (Å²) in [4.78, 5) is 11.5. The molecule has 0 heterocycles. The molecule has 0 amide bonds. The Morgan fingerprint density at radius 3 is 2.47 bits per heavy atom. The van der Waals surface area contributed by atoms with E-state index < -0.39 is 0 Å². The third kappa shape index (κ3) is 3.24. The zero-order valence-corrected chi connectivity index (χ0v) is 9.75. The van der Waals surface area contributed by atoms with Crippen molar-refractivity contribution in [3.63, 3.8) is 0 Å². The lowest BCUT2D eigenvalue weighted by Crippen LogP contribution is -2.13. The summed E-state index contributed by atoms with van der Waals surface area (Å²) in [5.41, 5.74) is 0.966. The molecule has 0 radical (unpaired) electrons. The second-order valence-corrected chi connectivity index (χ2v) is 3.85. The van der Waals surface area contributed by atoms with Gasteiger partial charge in [-0.25, -0.2) is 0 Å². The van der Waals surface area contributed by atoms with Crippen LogP contribution in [0, 0.1) is 0 Å². The highest BCUT2D eigenvalue weighted by atomic mass is 35.5. The predicted molar refractivity (Wildman–Crippen MR) is 61.1 cm³/mol. The maximum atomic E-state index is 11.5. The van der Waals surface area contributed by atoms with E-state index in [9.17, 15) is 4.79 Å². The second-order valence-electron chi connectivity index (χ2n) is 3.42. The molecule has 0 fully saturated rings. The van der Waals surface area contributed by atoms with Gasteiger partial charge in [0.1, 0.15) is 0 Å². The quantitative estimate of drug-likeness (QED) is 0.736. The number of carbonyl (C=O) groups is 1. The first kappa shape index (κ1) is 12.1. The number of benzene rings is 1. The molecule has 0 unspecified atom stereocenters. The van der Waals surface area contributed by atoms with Crippen molar-refractivity contribution in [3.05, 3.63) is 34.9 Å². The Morgan fingerprint density at radius 2 is 2.00 bits per heavy atom. The smallest absolute Gasteiger partial charge is 0.313 e. The van der Waals surface area contributed by atoms with Gasteiger partial charge in [0.25, 0.3) is 0 Å².